The Labute approximate surface area is 222 Å². The summed E-state index contributed by atoms with van der Waals surface area (Å²) >= 11 is 7.46. The van der Waals surface area contributed by atoms with E-state index >= 15 is 0 Å². The van der Waals surface area contributed by atoms with Gasteiger partial charge in [0.2, 0.25) is 0 Å². The van der Waals surface area contributed by atoms with E-state index in [0.29, 0.717) is 26.5 Å². The summed E-state index contributed by atoms with van der Waals surface area (Å²) in [5.41, 5.74) is 3.10. The van der Waals surface area contributed by atoms with E-state index in [0.717, 1.165) is 27.5 Å². The number of nitro groups is 1. The Hall–Kier alpha value is -4.14. The lowest BCUT2D eigenvalue weighted by molar-refractivity contribution is -0.384. The predicted octanol–water partition coefficient (Wildman–Crippen LogP) is 7.18. The molecule has 0 radical (unpaired) electrons. The van der Waals surface area contributed by atoms with Crippen LogP contribution in [0.3, 0.4) is 0 Å². The lowest BCUT2D eigenvalue weighted by atomic mass is 10.0. The van der Waals surface area contributed by atoms with Gasteiger partial charge in [-0.2, -0.15) is 0 Å². The maximum atomic E-state index is 12.8. The maximum Gasteiger partial charge on any atom is 0.269 e. The molecule has 7 nitrogen and oxygen atoms in total. The highest BCUT2D eigenvalue weighted by Crippen LogP contribution is 2.36. The zero-order valence-electron chi connectivity index (χ0n) is 19.6. The van der Waals surface area contributed by atoms with Crippen LogP contribution in [-0.2, 0) is 11.4 Å². The smallest absolute Gasteiger partial charge is 0.269 e. The molecule has 1 heterocycles. The first-order chi connectivity index (χ1) is 17.9. The van der Waals surface area contributed by atoms with Crippen LogP contribution in [0.4, 0.5) is 11.4 Å². The van der Waals surface area contributed by atoms with Crippen LogP contribution in [0, 0.1) is 17.0 Å². The summed E-state index contributed by atoms with van der Waals surface area (Å²) in [7, 11) is 0. The van der Waals surface area contributed by atoms with Crippen LogP contribution in [0.5, 0.6) is 5.75 Å². The third-order valence-corrected chi connectivity index (χ3v) is 7.18. The fourth-order valence-corrected chi connectivity index (χ4v) is 4.85. The summed E-state index contributed by atoms with van der Waals surface area (Å²) in [6, 6.07) is 23.4. The minimum absolute atomic E-state index is 0.0228. The van der Waals surface area contributed by atoms with E-state index in [2.05, 4.69) is 10.3 Å². The van der Waals surface area contributed by atoms with Gasteiger partial charge in [0.05, 0.1) is 15.5 Å². The molecular formula is C28H20ClN3O4S. The van der Waals surface area contributed by atoms with Crippen LogP contribution in [0.2, 0.25) is 5.02 Å². The number of halogens is 1. The number of carbonyl (C=O) groups is 1. The molecule has 1 aliphatic rings. The SMILES string of the molecule is Cc1c(Cl)cccc1N=C1NC(=O)/C(=C\c2c(OCc3ccc([N+](=O)[O-])cc3)ccc3ccccc23)S1. The first-order valence-electron chi connectivity index (χ1n) is 11.3. The number of rotatable bonds is 6. The van der Waals surface area contributed by atoms with E-state index in [1.54, 1.807) is 24.3 Å². The Kier molecular flexibility index (Phi) is 6.94. The number of carbonyl (C=O) groups excluding carboxylic acids is 1. The Morgan fingerprint density at radius 1 is 1.05 bits per heavy atom. The number of nitrogens with one attached hydrogen (secondary N) is 1. The summed E-state index contributed by atoms with van der Waals surface area (Å²) < 4.78 is 6.13. The summed E-state index contributed by atoms with van der Waals surface area (Å²) in [5.74, 6) is 0.340. The molecule has 4 aromatic rings. The Morgan fingerprint density at radius 2 is 1.84 bits per heavy atom. The number of hydrogen-bond donors (Lipinski definition) is 1. The summed E-state index contributed by atoms with van der Waals surface area (Å²) in [6.45, 7) is 2.09. The van der Waals surface area contributed by atoms with Gasteiger partial charge in [-0.15, -0.1) is 0 Å². The Bertz CT molecular complexity index is 1600. The Balaban J connectivity index is 1.47. The zero-order valence-corrected chi connectivity index (χ0v) is 21.2. The van der Waals surface area contributed by atoms with Gasteiger partial charge in [-0.3, -0.25) is 14.9 Å². The van der Waals surface area contributed by atoms with Crippen molar-refractivity contribution < 1.29 is 14.5 Å². The minimum atomic E-state index is -0.437. The van der Waals surface area contributed by atoms with Crippen molar-refractivity contribution in [1.29, 1.82) is 0 Å². The molecule has 1 saturated heterocycles. The highest BCUT2D eigenvalue weighted by atomic mass is 35.5. The number of non-ortho nitro benzene ring substituents is 1. The van der Waals surface area contributed by atoms with Crippen LogP contribution in [0.25, 0.3) is 16.8 Å². The number of thioether (sulfide) groups is 1. The van der Waals surface area contributed by atoms with Gasteiger partial charge < -0.3 is 10.1 Å². The minimum Gasteiger partial charge on any atom is -0.488 e. The van der Waals surface area contributed by atoms with Gasteiger partial charge >= 0.3 is 0 Å². The van der Waals surface area contributed by atoms with Crippen molar-refractivity contribution in [3.63, 3.8) is 0 Å². The van der Waals surface area contributed by atoms with E-state index in [9.17, 15) is 14.9 Å². The monoisotopic (exact) mass is 529 g/mol. The third kappa shape index (κ3) is 5.35. The van der Waals surface area contributed by atoms with Gasteiger partial charge in [0, 0.05) is 22.7 Å². The van der Waals surface area contributed by atoms with E-state index < -0.39 is 4.92 Å². The summed E-state index contributed by atoms with van der Waals surface area (Å²) in [4.78, 5) is 28.4. The number of fused-ring (bicyclic) bond motifs is 1. The van der Waals surface area contributed by atoms with Gasteiger partial charge in [0.1, 0.15) is 12.4 Å². The highest BCUT2D eigenvalue weighted by Gasteiger charge is 2.25. The first kappa shape index (κ1) is 24.5. The van der Waals surface area contributed by atoms with Crippen molar-refractivity contribution in [2.24, 2.45) is 4.99 Å². The fourth-order valence-electron chi connectivity index (χ4n) is 3.86. The first-order valence-corrected chi connectivity index (χ1v) is 12.5. The molecule has 1 aliphatic heterocycles. The molecule has 1 fully saturated rings. The number of nitrogens with zero attached hydrogens (tertiary/aromatic N) is 2. The molecule has 0 bridgehead atoms. The molecule has 1 N–H and O–H groups in total. The van der Waals surface area contributed by atoms with Crippen LogP contribution in [0.1, 0.15) is 16.7 Å². The van der Waals surface area contributed by atoms with Crippen molar-refractivity contribution in [2.75, 3.05) is 0 Å². The third-order valence-electron chi connectivity index (χ3n) is 5.86. The molecule has 0 aromatic heterocycles. The number of amidine groups is 1. The lowest BCUT2D eigenvalue weighted by Crippen LogP contribution is -2.19. The quantitative estimate of drug-likeness (QED) is 0.162. The van der Waals surface area contributed by atoms with Gasteiger partial charge in [-0.05, 0) is 77.0 Å². The largest absolute Gasteiger partial charge is 0.488 e. The maximum absolute atomic E-state index is 12.8. The lowest BCUT2D eigenvalue weighted by Gasteiger charge is -2.12. The van der Waals surface area contributed by atoms with Crippen molar-refractivity contribution in [2.45, 2.75) is 13.5 Å². The van der Waals surface area contributed by atoms with Crippen LogP contribution in [0.15, 0.2) is 88.8 Å². The molecule has 1 amide bonds. The van der Waals surface area contributed by atoms with Crippen molar-refractivity contribution in [3.05, 3.63) is 116 Å². The molecule has 4 aromatic carbocycles. The van der Waals surface area contributed by atoms with Crippen molar-refractivity contribution in [3.8, 4) is 5.75 Å². The number of aliphatic imine (C=N–C) groups is 1. The number of hydrogen-bond acceptors (Lipinski definition) is 6. The number of ether oxygens (including phenoxy) is 1. The molecule has 0 unspecified atom stereocenters. The van der Waals surface area contributed by atoms with Gasteiger partial charge in [0.15, 0.2) is 5.17 Å². The molecule has 184 valence electrons. The van der Waals surface area contributed by atoms with Crippen molar-refractivity contribution >= 4 is 62.7 Å². The number of nitro benzene ring substituents is 1. The number of benzene rings is 4. The molecule has 9 heteroatoms. The number of amides is 1. The predicted molar refractivity (Wildman–Crippen MR) is 148 cm³/mol. The average Bonchev–Trinajstić information content (AvgIpc) is 3.24. The second-order valence-electron chi connectivity index (χ2n) is 8.28. The highest BCUT2D eigenvalue weighted by molar-refractivity contribution is 8.18. The van der Waals surface area contributed by atoms with Crippen LogP contribution >= 0.6 is 23.4 Å². The molecular weight excluding hydrogens is 510 g/mol. The molecule has 0 spiro atoms. The van der Waals surface area contributed by atoms with Gasteiger partial charge in [-0.25, -0.2) is 4.99 Å². The molecule has 0 atom stereocenters. The zero-order chi connectivity index (χ0) is 25.9. The van der Waals surface area contributed by atoms with Gasteiger partial charge in [-0.1, -0.05) is 48.0 Å². The second kappa shape index (κ2) is 10.5. The van der Waals surface area contributed by atoms with Crippen LogP contribution in [-0.4, -0.2) is 16.0 Å². The fraction of sp³-hybridized carbons (Fsp3) is 0.0714. The van der Waals surface area contributed by atoms with E-state index in [1.807, 2.05) is 55.5 Å². The summed E-state index contributed by atoms with van der Waals surface area (Å²) in [5, 5.41) is 16.8. The topological polar surface area (TPSA) is 93.8 Å². The molecule has 5 rings (SSSR count). The molecule has 37 heavy (non-hydrogen) atoms. The second-order valence-corrected chi connectivity index (χ2v) is 9.71. The van der Waals surface area contributed by atoms with E-state index in [4.69, 9.17) is 16.3 Å². The Morgan fingerprint density at radius 3 is 2.62 bits per heavy atom. The van der Waals surface area contributed by atoms with E-state index in [1.165, 1.54) is 23.9 Å². The molecule has 0 aliphatic carbocycles. The molecule has 0 saturated carbocycles. The van der Waals surface area contributed by atoms with E-state index in [-0.39, 0.29) is 18.2 Å². The summed E-state index contributed by atoms with van der Waals surface area (Å²) in [6.07, 6.45) is 1.81. The van der Waals surface area contributed by atoms with Crippen LogP contribution < -0.4 is 10.1 Å². The average molecular weight is 530 g/mol. The van der Waals surface area contributed by atoms with Crippen molar-refractivity contribution in [1.82, 2.24) is 5.32 Å². The standard InChI is InChI=1S/C28H20ClN3O4S/c1-17-23(29)7-4-8-24(17)30-28-31-27(33)26(37-28)15-22-21-6-3-2-5-19(21)11-14-25(22)36-16-18-9-12-20(13-10-18)32(34)35/h2-15H,16H2,1H3,(H,30,31,33)/b26-15+. The van der Waals surface area contributed by atoms with Gasteiger partial charge in [0.25, 0.3) is 11.6 Å². The normalized spacial score (nSPS) is 15.4.